The molecule has 1 atom stereocenters. The molecule has 1 saturated heterocycles. The summed E-state index contributed by atoms with van der Waals surface area (Å²) in [5.74, 6) is -0.260. The van der Waals surface area contributed by atoms with Crippen LogP contribution in [-0.4, -0.2) is 35.3 Å². The summed E-state index contributed by atoms with van der Waals surface area (Å²) in [4.78, 5) is 39.6. The molecule has 4 rings (SSSR count). The average Bonchev–Trinajstić information content (AvgIpc) is 3.53. The fraction of sp³-hybridized carbons (Fsp3) is 0.318. The normalized spacial score (nSPS) is 19.2. The second-order valence-corrected chi connectivity index (χ2v) is 7.50. The minimum absolute atomic E-state index is 0.0567. The largest absolute Gasteiger partial charge is 0.352 e. The fourth-order valence-corrected chi connectivity index (χ4v) is 3.81. The molecule has 4 amide bonds. The van der Waals surface area contributed by atoms with Crippen molar-refractivity contribution in [3.8, 4) is 0 Å². The molecule has 2 aromatic rings. The van der Waals surface area contributed by atoms with Gasteiger partial charge in [0.2, 0.25) is 5.91 Å². The highest BCUT2D eigenvalue weighted by atomic mass is 16.2. The van der Waals surface area contributed by atoms with Crippen molar-refractivity contribution in [1.29, 1.82) is 0 Å². The Morgan fingerprint density at radius 3 is 2.11 bits per heavy atom. The second kappa shape index (κ2) is 7.11. The zero-order valence-corrected chi connectivity index (χ0v) is 15.7. The molecule has 1 heterocycles. The van der Waals surface area contributed by atoms with Gasteiger partial charge in [0, 0.05) is 6.04 Å². The third-order valence-electron chi connectivity index (χ3n) is 5.54. The van der Waals surface area contributed by atoms with Crippen molar-refractivity contribution in [2.75, 3.05) is 6.54 Å². The quantitative estimate of drug-likeness (QED) is 0.759. The number of imide groups is 1. The molecule has 1 saturated carbocycles. The van der Waals surface area contributed by atoms with Crippen molar-refractivity contribution in [2.24, 2.45) is 5.92 Å². The van der Waals surface area contributed by atoms with Gasteiger partial charge >= 0.3 is 6.03 Å². The number of rotatable bonds is 6. The fourth-order valence-electron chi connectivity index (χ4n) is 3.81. The van der Waals surface area contributed by atoms with Gasteiger partial charge in [-0.3, -0.25) is 14.5 Å². The summed E-state index contributed by atoms with van der Waals surface area (Å²) in [5, 5.41) is 5.75. The molecule has 2 aromatic carbocycles. The van der Waals surface area contributed by atoms with Crippen molar-refractivity contribution < 1.29 is 14.4 Å². The van der Waals surface area contributed by atoms with E-state index in [1.54, 1.807) is 0 Å². The van der Waals surface area contributed by atoms with Crippen LogP contribution < -0.4 is 10.6 Å². The van der Waals surface area contributed by atoms with Crippen LogP contribution in [0.25, 0.3) is 0 Å². The van der Waals surface area contributed by atoms with Gasteiger partial charge < -0.3 is 10.6 Å². The van der Waals surface area contributed by atoms with Crippen LogP contribution in [-0.2, 0) is 15.1 Å². The van der Waals surface area contributed by atoms with E-state index < -0.39 is 17.5 Å². The van der Waals surface area contributed by atoms with Crippen molar-refractivity contribution in [3.63, 3.8) is 0 Å². The third kappa shape index (κ3) is 3.15. The van der Waals surface area contributed by atoms with E-state index in [0.29, 0.717) is 17.0 Å². The zero-order valence-electron chi connectivity index (χ0n) is 15.7. The predicted molar refractivity (Wildman–Crippen MR) is 104 cm³/mol. The number of nitrogens with one attached hydrogen (secondary N) is 2. The topological polar surface area (TPSA) is 78.5 Å². The molecular formula is C22H23N3O3. The monoisotopic (exact) mass is 377 g/mol. The van der Waals surface area contributed by atoms with Gasteiger partial charge in [-0.25, -0.2) is 4.79 Å². The molecule has 28 heavy (non-hydrogen) atoms. The molecule has 1 aliphatic heterocycles. The predicted octanol–water partition coefficient (Wildman–Crippen LogP) is 2.40. The van der Waals surface area contributed by atoms with E-state index in [1.165, 1.54) is 0 Å². The van der Waals surface area contributed by atoms with E-state index >= 15 is 0 Å². The van der Waals surface area contributed by atoms with Crippen LogP contribution in [0, 0.1) is 5.92 Å². The second-order valence-electron chi connectivity index (χ2n) is 7.50. The van der Waals surface area contributed by atoms with E-state index in [0.717, 1.165) is 17.7 Å². The van der Waals surface area contributed by atoms with Crippen LogP contribution >= 0.6 is 0 Å². The summed E-state index contributed by atoms with van der Waals surface area (Å²) < 4.78 is 0. The molecule has 6 heteroatoms. The Balaban J connectivity index is 1.64. The summed E-state index contributed by atoms with van der Waals surface area (Å²) in [5.41, 5.74) is -0.00949. The maximum absolute atomic E-state index is 13.5. The molecule has 2 N–H and O–H groups in total. The first-order valence-electron chi connectivity index (χ1n) is 9.57. The van der Waals surface area contributed by atoms with Crippen LogP contribution in [0.2, 0.25) is 0 Å². The zero-order chi connectivity index (χ0) is 19.7. The van der Waals surface area contributed by atoms with Gasteiger partial charge in [0.1, 0.15) is 6.54 Å². The Morgan fingerprint density at radius 1 is 1.07 bits per heavy atom. The maximum atomic E-state index is 13.5. The van der Waals surface area contributed by atoms with Crippen LogP contribution in [0.3, 0.4) is 0 Å². The smallest absolute Gasteiger partial charge is 0.326 e. The van der Waals surface area contributed by atoms with Crippen LogP contribution in [0.1, 0.15) is 30.9 Å². The highest BCUT2D eigenvalue weighted by Crippen LogP contribution is 2.36. The third-order valence-corrected chi connectivity index (χ3v) is 5.54. The number of benzene rings is 2. The number of nitrogens with zero attached hydrogens (tertiary/aromatic N) is 1. The summed E-state index contributed by atoms with van der Waals surface area (Å²) in [6, 6.07) is 17.7. The first kappa shape index (κ1) is 18.2. The van der Waals surface area contributed by atoms with Crippen molar-refractivity contribution in [1.82, 2.24) is 15.5 Å². The number of carbonyl (C=O) groups excluding carboxylic acids is 3. The van der Waals surface area contributed by atoms with Gasteiger partial charge in [-0.15, -0.1) is 0 Å². The number of hydrogen-bond acceptors (Lipinski definition) is 3. The van der Waals surface area contributed by atoms with E-state index in [-0.39, 0.29) is 18.5 Å². The summed E-state index contributed by atoms with van der Waals surface area (Å²) in [6.45, 7) is 1.67. The Morgan fingerprint density at radius 2 is 1.61 bits per heavy atom. The minimum Gasteiger partial charge on any atom is -0.352 e. The lowest BCUT2D eigenvalue weighted by Gasteiger charge is -2.28. The van der Waals surface area contributed by atoms with Crippen LogP contribution in [0.5, 0.6) is 0 Å². The molecule has 0 aromatic heterocycles. The van der Waals surface area contributed by atoms with E-state index in [9.17, 15) is 14.4 Å². The van der Waals surface area contributed by atoms with Crippen molar-refractivity contribution >= 4 is 17.8 Å². The first-order valence-corrected chi connectivity index (χ1v) is 9.57. The van der Waals surface area contributed by atoms with E-state index in [1.807, 2.05) is 67.6 Å². The molecular weight excluding hydrogens is 354 g/mol. The average molecular weight is 377 g/mol. The summed E-state index contributed by atoms with van der Waals surface area (Å²) in [6.07, 6.45) is 2.21. The highest BCUT2D eigenvalue weighted by molar-refractivity contribution is 6.11. The standard InChI is InChI=1S/C22H23N3O3/c1-15(16-12-13-16)23-19(26)14-25-20(27)22(24-21(25)28,17-8-4-2-5-9-17)18-10-6-3-7-11-18/h2-11,15-16H,12-14H2,1H3,(H,23,26)(H,24,28)/t15-/m1/s1. The molecule has 6 nitrogen and oxygen atoms in total. The van der Waals surface area contributed by atoms with E-state index in [2.05, 4.69) is 10.6 Å². The number of carbonyl (C=O) groups is 3. The first-order chi connectivity index (χ1) is 13.5. The number of urea groups is 1. The molecule has 1 aliphatic carbocycles. The number of amides is 4. The summed E-state index contributed by atoms with van der Waals surface area (Å²) in [7, 11) is 0. The van der Waals surface area contributed by atoms with Crippen molar-refractivity contribution in [2.45, 2.75) is 31.3 Å². The molecule has 0 radical (unpaired) electrons. The Labute approximate surface area is 163 Å². The van der Waals surface area contributed by atoms with Crippen LogP contribution in [0.15, 0.2) is 60.7 Å². The minimum atomic E-state index is -1.33. The highest BCUT2D eigenvalue weighted by Gasteiger charge is 2.54. The molecule has 2 fully saturated rings. The van der Waals surface area contributed by atoms with Gasteiger partial charge in [0.05, 0.1) is 0 Å². The van der Waals surface area contributed by atoms with Gasteiger partial charge in [-0.1, -0.05) is 60.7 Å². The van der Waals surface area contributed by atoms with E-state index in [4.69, 9.17) is 0 Å². The lowest BCUT2D eigenvalue weighted by Crippen LogP contribution is -2.47. The Kier molecular flexibility index (Phi) is 4.63. The lowest BCUT2D eigenvalue weighted by atomic mass is 9.82. The SMILES string of the molecule is C[C@@H](NC(=O)CN1C(=O)NC(c2ccccc2)(c2ccccc2)C1=O)C1CC1. The van der Waals surface area contributed by atoms with Gasteiger partial charge in [0.15, 0.2) is 5.54 Å². The molecule has 2 aliphatic rings. The van der Waals surface area contributed by atoms with Crippen molar-refractivity contribution in [3.05, 3.63) is 71.8 Å². The van der Waals surface area contributed by atoms with Gasteiger partial charge in [-0.05, 0) is 36.8 Å². The van der Waals surface area contributed by atoms with Gasteiger partial charge in [-0.2, -0.15) is 0 Å². The molecule has 0 unspecified atom stereocenters. The molecule has 144 valence electrons. The Hall–Kier alpha value is -3.15. The molecule has 0 bridgehead atoms. The van der Waals surface area contributed by atoms with Crippen LogP contribution in [0.4, 0.5) is 4.79 Å². The molecule has 0 spiro atoms. The Bertz CT molecular complexity index is 854. The van der Waals surface area contributed by atoms with Gasteiger partial charge in [0.25, 0.3) is 5.91 Å². The number of hydrogen-bond donors (Lipinski definition) is 2. The summed E-state index contributed by atoms with van der Waals surface area (Å²) >= 11 is 0. The lowest BCUT2D eigenvalue weighted by molar-refractivity contribution is -0.134. The maximum Gasteiger partial charge on any atom is 0.326 e.